The van der Waals surface area contributed by atoms with Gasteiger partial charge in [-0.1, -0.05) is 29.8 Å². The highest BCUT2D eigenvalue weighted by Gasteiger charge is 2.28. The van der Waals surface area contributed by atoms with Crippen molar-refractivity contribution in [2.75, 3.05) is 7.11 Å². The Morgan fingerprint density at radius 1 is 1.25 bits per heavy atom. The van der Waals surface area contributed by atoms with Gasteiger partial charge in [0, 0.05) is 17.0 Å². The zero-order valence-corrected chi connectivity index (χ0v) is 12.1. The van der Waals surface area contributed by atoms with Crippen LogP contribution in [0, 0.1) is 5.82 Å². The lowest BCUT2D eigenvalue weighted by atomic mass is 9.88. The molecule has 0 spiro atoms. The van der Waals surface area contributed by atoms with Gasteiger partial charge in [0.2, 0.25) is 0 Å². The van der Waals surface area contributed by atoms with E-state index < -0.39 is 11.4 Å². The summed E-state index contributed by atoms with van der Waals surface area (Å²) in [6.07, 6.45) is 0.206. The van der Waals surface area contributed by atoms with Crippen molar-refractivity contribution in [3.63, 3.8) is 0 Å². The smallest absolute Gasteiger partial charge is 0.129 e. The van der Waals surface area contributed by atoms with Crippen molar-refractivity contribution in [1.82, 2.24) is 0 Å². The minimum Gasteiger partial charge on any atom is -0.496 e. The second-order valence-electron chi connectivity index (χ2n) is 4.89. The van der Waals surface area contributed by atoms with Gasteiger partial charge in [-0.15, -0.1) is 0 Å². The predicted octanol–water partition coefficient (Wildman–Crippen LogP) is 3.94. The predicted molar refractivity (Wildman–Crippen MR) is 77.7 cm³/mol. The van der Waals surface area contributed by atoms with Gasteiger partial charge >= 0.3 is 0 Å². The number of hydrogen-bond donors (Lipinski definition) is 1. The molecule has 0 saturated heterocycles. The minimum absolute atomic E-state index is 0.206. The molecular formula is C16H16ClFO2. The van der Waals surface area contributed by atoms with E-state index in [1.807, 2.05) is 0 Å². The van der Waals surface area contributed by atoms with E-state index >= 15 is 0 Å². The maximum atomic E-state index is 13.8. The van der Waals surface area contributed by atoms with Crippen molar-refractivity contribution in [3.8, 4) is 5.75 Å². The first-order chi connectivity index (χ1) is 9.44. The average molecular weight is 295 g/mol. The summed E-state index contributed by atoms with van der Waals surface area (Å²) in [5.74, 6) is 0.185. The molecule has 4 heteroatoms. The Morgan fingerprint density at radius 3 is 2.60 bits per heavy atom. The van der Waals surface area contributed by atoms with Crippen molar-refractivity contribution in [1.29, 1.82) is 0 Å². The number of hydrogen-bond acceptors (Lipinski definition) is 2. The van der Waals surface area contributed by atoms with Gasteiger partial charge in [-0.3, -0.25) is 0 Å². The van der Waals surface area contributed by atoms with Crippen LogP contribution >= 0.6 is 11.6 Å². The fourth-order valence-electron chi connectivity index (χ4n) is 2.25. The molecule has 0 fully saturated rings. The highest BCUT2D eigenvalue weighted by Crippen LogP contribution is 2.32. The second kappa shape index (κ2) is 5.81. The van der Waals surface area contributed by atoms with Crippen LogP contribution in [-0.4, -0.2) is 12.2 Å². The number of ether oxygens (including phenoxy) is 1. The van der Waals surface area contributed by atoms with Crippen LogP contribution in [0.3, 0.4) is 0 Å². The summed E-state index contributed by atoms with van der Waals surface area (Å²) < 4.78 is 19.1. The number of aliphatic hydroxyl groups is 1. The van der Waals surface area contributed by atoms with Crippen LogP contribution in [0.2, 0.25) is 5.02 Å². The van der Waals surface area contributed by atoms with Crippen molar-refractivity contribution < 1.29 is 14.2 Å². The minimum atomic E-state index is -1.34. The average Bonchev–Trinajstić information content (AvgIpc) is 2.39. The summed E-state index contributed by atoms with van der Waals surface area (Å²) in [4.78, 5) is 0. The lowest BCUT2D eigenvalue weighted by Gasteiger charge is -2.25. The van der Waals surface area contributed by atoms with Crippen molar-refractivity contribution in [2.24, 2.45) is 0 Å². The molecular weight excluding hydrogens is 279 g/mol. The highest BCUT2D eigenvalue weighted by molar-refractivity contribution is 6.30. The number of halogens is 2. The van der Waals surface area contributed by atoms with E-state index in [4.69, 9.17) is 16.3 Å². The second-order valence-corrected chi connectivity index (χ2v) is 5.32. The first kappa shape index (κ1) is 14.8. The molecule has 2 aromatic carbocycles. The number of rotatable bonds is 4. The molecule has 0 aromatic heterocycles. The molecule has 0 radical (unpaired) electrons. The lowest BCUT2D eigenvalue weighted by molar-refractivity contribution is 0.0532. The van der Waals surface area contributed by atoms with Gasteiger partial charge in [0.15, 0.2) is 0 Å². The van der Waals surface area contributed by atoms with Crippen LogP contribution in [0.1, 0.15) is 18.1 Å². The molecule has 0 amide bonds. The number of methoxy groups -OCH3 is 1. The molecule has 0 bridgehead atoms. The molecule has 0 aliphatic carbocycles. The summed E-state index contributed by atoms with van der Waals surface area (Å²) in [7, 11) is 1.55. The maximum Gasteiger partial charge on any atom is 0.129 e. The van der Waals surface area contributed by atoms with Crippen molar-refractivity contribution in [3.05, 3.63) is 64.4 Å². The van der Waals surface area contributed by atoms with E-state index in [0.29, 0.717) is 10.8 Å². The third-order valence-corrected chi connectivity index (χ3v) is 3.47. The summed E-state index contributed by atoms with van der Waals surface area (Å²) in [6.45, 7) is 1.58. The van der Waals surface area contributed by atoms with Crippen LogP contribution in [0.25, 0.3) is 0 Å². The van der Waals surface area contributed by atoms with Gasteiger partial charge in [-0.05, 0) is 36.8 Å². The Bertz CT molecular complexity index is 611. The summed E-state index contributed by atoms with van der Waals surface area (Å²) in [5.41, 5.74) is -0.362. The molecule has 0 heterocycles. The van der Waals surface area contributed by atoms with Crippen LogP contribution in [-0.2, 0) is 12.0 Å². The molecule has 0 aliphatic heterocycles. The van der Waals surface area contributed by atoms with Crippen LogP contribution in [0.15, 0.2) is 42.5 Å². The van der Waals surface area contributed by atoms with Crippen LogP contribution in [0.4, 0.5) is 4.39 Å². The summed E-state index contributed by atoms with van der Waals surface area (Å²) >= 11 is 5.97. The van der Waals surface area contributed by atoms with E-state index in [1.165, 1.54) is 6.07 Å². The lowest BCUT2D eigenvalue weighted by Crippen LogP contribution is -2.26. The Hall–Kier alpha value is -1.58. The third-order valence-electron chi connectivity index (χ3n) is 3.23. The van der Waals surface area contributed by atoms with E-state index in [-0.39, 0.29) is 12.0 Å². The summed E-state index contributed by atoms with van der Waals surface area (Å²) in [6, 6.07) is 11.4. The largest absolute Gasteiger partial charge is 0.496 e. The number of benzene rings is 2. The molecule has 0 saturated carbocycles. The fourth-order valence-corrected chi connectivity index (χ4v) is 2.44. The van der Waals surface area contributed by atoms with Crippen LogP contribution < -0.4 is 4.74 Å². The van der Waals surface area contributed by atoms with Gasteiger partial charge in [0.1, 0.15) is 11.6 Å². The first-order valence-electron chi connectivity index (χ1n) is 6.24. The highest BCUT2D eigenvalue weighted by atomic mass is 35.5. The normalized spacial score (nSPS) is 13.8. The van der Waals surface area contributed by atoms with E-state index in [2.05, 4.69) is 0 Å². The Balaban J connectivity index is 2.38. The van der Waals surface area contributed by atoms with Crippen molar-refractivity contribution in [2.45, 2.75) is 18.9 Å². The molecule has 2 aromatic rings. The van der Waals surface area contributed by atoms with Gasteiger partial charge in [-0.25, -0.2) is 4.39 Å². The van der Waals surface area contributed by atoms with Crippen molar-refractivity contribution >= 4 is 11.6 Å². The molecule has 1 N–H and O–H groups in total. The first-order valence-corrected chi connectivity index (χ1v) is 6.61. The van der Waals surface area contributed by atoms with E-state index in [1.54, 1.807) is 50.4 Å². The molecule has 2 nitrogen and oxygen atoms in total. The molecule has 1 unspecified atom stereocenters. The zero-order valence-electron chi connectivity index (χ0n) is 11.4. The summed E-state index contributed by atoms with van der Waals surface area (Å²) in [5, 5.41) is 11.1. The van der Waals surface area contributed by atoms with E-state index in [9.17, 15) is 9.50 Å². The van der Waals surface area contributed by atoms with Gasteiger partial charge in [0.25, 0.3) is 0 Å². The molecule has 1 atom stereocenters. The van der Waals surface area contributed by atoms with Gasteiger partial charge in [-0.2, -0.15) is 0 Å². The van der Waals surface area contributed by atoms with Crippen LogP contribution in [0.5, 0.6) is 5.75 Å². The Kier molecular flexibility index (Phi) is 4.31. The molecule has 2 rings (SSSR count). The maximum absolute atomic E-state index is 13.8. The van der Waals surface area contributed by atoms with Gasteiger partial charge in [0.05, 0.1) is 12.7 Å². The molecule has 20 heavy (non-hydrogen) atoms. The molecule has 0 aliphatic rings. The Labute approximate surface area is 122 Å². The topological polar surface area (TPSA) is 29.5 Å². The SMILES string of the molecule is COc1ccc(Cl)cc1CC(C)(O)c1ccccc1F. The van der Waals surface area contributed by atoms with Gasteiger partial charge < -0.3 is 9.84 Å². The monoisotopic (exact) mass is 294 g/mol. The quantitative estimate of drug-likeness (QED) is 0.925. The zero-order chi connectivity index (χ0) is 14.8. The Morgan fingerprint density at radius 2 is 1.95 bits per heavy atom. The van der Waals surface area contributed by atoms with E-state index in [0.717, 1.165) is 5.56 Å². The third kappa shape index (κ3) is 3.11. The fraction of sp³-hybridized carbons (Fsp3) is 0.250. The standard InChI is InChI=1S/C16H16ClFO2/c1-16(19,13-5-3-4-6-14(13)18)10-11-9-12(17)7-8-15(11)20-2/h3-9,19H,10H2,1-2H3. The molecule has 106 valence electrons.